The van der Waals surface area contributed by atoms with Crippen LogP contribution in [0.4, 0.5) is 0 Å². The largest absolute Gasteiger partial charge is 0.458 e. The summed E-state index contributed by atoms with van der Waals surface area (Å²) in [7, 11) is 0. The number of carbonyl (C=O) groups is 1. The van der Waals surface area contributed by atoms with Crippen LogP contribution in [0.5, 0.6) is 0 Å². The Kier molecular flexibility index (Phi) is 4.62. The summed E-state index contributed by atoms with van der Waals surface area (Å²) in [6, 6.07) is 0. The first-order chi connectivity index (χ1) is 7.84. The summed E-state index contributed by atoms with van der Waals surface area (Å²) < 4.78 is 5.96. The molecule has 0 radical (unpaired) electrons. The molecular formula is C15H28O2. The highest BCUT2D eigenvalue weighted by Gasteiger charge is 2.41. The van der Waals surface area contributed by atoms with Crippen molar-refractivity contribution < 1.29 is 9.53 Å². The second-order valence-electron chi connectivity index (χ2n) is 6.41. The van der Waals surface area contributed by atoms with Crippen LogP contribution in [0.25, 0.3) is 0 Å². The lowest BCUT2D eigenvalue weighted by Crippen LogP contribution is -2.45. The molecule has 0 N–H and O–H groups in total. The molecule has 100 valence electrons. The van der Waals surface area contributed by atoms with Crippen molar-refractivity contribution in [1.29, 1.82) is 0 Å². The fourth-order valence-corrected chi connectivity index (χ4v) is 2.41. The topological polar surface area (TPSA) is 26.3 Å². The van der Waals surface area contributed by atoms with E-state index in [1.54, 1.807) is 0 Å². The highest BCUT2D eigenvalue weighted by molar-refractivity contribution is 5.76. The summed E-state index contributed by atoms with van der Waals surface area (Å²) in [6.07, 6.45) is 6.58. The van der Waals surface area contributed by atoms with Gasteiger partial charge >= 0.3 is 5.97 Å². The van der Waals surface area contributed by atoms with Gasteiger partial charge in [-0.2, -0.15) is 0 Å². The van der Waals surface area contributed by atoms with E-state index in [0.717, 1.165) is 19.3 Å². The van der Waals surface area contributed by atoms with Crippen molar-refractivity contribution in [2.45, 2.75) is 78.7 Å². The Balaban J connectivity index is 2.77. The second-order valence-corrected chi connectivity index (χ2v) is 6.41. The molecule has 0 aliphatic heterocycles. The number of esters is 1. The van der Waals surface area contributed by atoms with Gasteiger partial charge in [-0.05, 0) is 51.9 Å². The molecule has 1 fully saturated rings. The first kappa shape index (κ1) is 14.5. The lowest BCUT2D eigenvalue weighted by molar-refractivity contribution is -0.180. The molecule has 17 heavy (non-hydrogen) atoms. The summed E-state index contributed by atoms with van der Waals surface area (Å²) in [5.74, 6) is 0.398. The Bertz CT molecular complexity index is 260. The maximum Gasteiger partial charge on any atom is 0.312 e. The van der Waals surface area contributed by atoms with Crippen LogP contribution in [-0.4, -0.2) is 11.6 Å². The van der Waals surface area contributed by atoms with Crippen LogP contribution in [0.2, 0.25) is 0 Å². The zero-order valence-electron chi connectivity index (χ0n) is 12.1. The van der Waals surface area contributed by atoms with E-state index in [-0.39, 0.29) is 17.0 Å². The summed E-state index contributed by atoms with van der Waals surface area (Å²) in [6.45, 7) is 10.4. The van der Waals surface area contributed by atoms with Gasteiger partial charge in [0.05, 0.1) is 5.41 Å². The van der Waals surface area contributed by atoms with Crippen LogP contribution >= 0.6 is 0 Å². The predicted molar refractivity (Wildman–Crippen MR) is 70.8 cm³/mol. The Hall–Kier alpha value is -0.530. The molecule has 1 aliphatic rings. The lowest BCUT2D eigenvalue weighted by Gasteiger charge is -2.42. The molecule has 0 atom stereocenters. The van der Waals surface area contributed by atoms with Crippen LogP contribution < -0.4 is 0 Å². The van der Waals surface area contributed by atoms with E-state index in [4.69, 9.17) is 4.74 Å². The Morgan fingerprint density at radius 1 is 1.24 bits per heavy atom. The smallest absolute Gasteiger partial charge is 0.312 e. The van der Waals surface area contributed by atoms with Gasteiger partial charge in [0.15, 0.2) is 0 Å². The van der Waals surface area contributed by atoms with Gasteiger partial charge in [-0.15, -0.1) is 0 Å². The molecule has 2 nitrogen and oxygen atoms in total. The third kappa shape index (κ3) is 3.23. The highest BCUT2D eigenvalue weighted by Crippen LogP contribution is 2.39. The van der Waals surface area contributed by atoms with Crippen molar-refractivity contribution in [2.24, 2.45) is 11.3 Å². The van der Waals surface area contributed by atoms with Gasteiger partial charge in [-0.1, -0.05) is 27.2 Å². The minimum absolute atomic E-state index is 0.0180. The number of carbonyl (C=O) groups excluding carboxylic acids is 1. The van der Waals surface area contributed by atoms with E-state index in [1.165, 1.54) is 19.3 Å². The van der Waals surface area contributed by atoms with Gasteiger partial charge < -0.3 is 4.74 Å². The van der Waals surface area contributed by atoms with Crippen LogP contribution in [0.15, 0.2) is 0 Å². The normalized spacial score (nSPS) is 20.4. The van der Waals surface area contributed by atoms with Crippen molar-refractivity contribution >= 4 is 5.97 Å². The number of hydrogen-bond acceptors (Lipinski definition) is 2. The van der Waals surface area contributed by atoms with Gasteiger partial charge in [0.25, 0.3) is 0 Å². The fraction of sp³-hybridized carbons (Fsp3) is 0.933. The standard InChI is InChI=1S/C15H28O2/c1-6-14(4,5)13(16)17-15(12(2)3)10-8-7-9-11-15/h12H,6-11H2,1-5H3. The third-order valence-electron chi connectivity index (χ3n) is 4.48. The molecule has 2 heteroatoms. The fourth-order valence-electron chi connectivity index (χ4n) is 2.41. The van der Waals surface area contributed by atoms with Crippen molar-refractivity contribution in [1.82, 2.24) is 0 Å². The van der Waals surface area contributed by atoms with Crippen LogP contribution in [0.3, 0.4) is 0 Å². The number of rotatable bonds is 4. The Morgan fingerprint density at radius 3 is 2.18 bits per heavy atom. The molecule has 0 bridgehead atoms. The van der Waals surface area contributed by atoms with Crippen molar-refractivity contribution in [3.05, 3.63) is 0 Å². The SMILES string of the molecule is CCC(C)(C)C(=O)OC1(C(C)C)CCCCC1. The monoisotopic (exact) mass is 240 g/mol. The quantitative estimate of drug-likeness (QED) is 0.684. The minimum atomic E-state index is -0.348. The maximum atomic E-state index is 12.3. The molecule has 0 saturated heterocycles. The van der Waals surface area contributed by atoms with Gasteiger partial charge in [0, 0.05) is 0 Å². The highest BCUT2D eigenvalue weighted by atomic mass is 16.6. The summed E-state index contributed by atoms with van der Waals surface area (Å²) in [5, 5.41) is 0. The van der Waals surface area contributed by atoms with E-state index in [9.17, 15) is 4.79 Å². The first-order valence-corrected chi connectivity index (χ1v) is 7.07. The van der Waals surface area contributed by atoms with Crippen molar-refractivity contribution in [3.8, 4) is 0 Å². The van der Waals surface area contributed by atoms with E-state index < -0.39 is 0 Å². The van der Waals surface area contributed by atoms with E-state index in [0.29, 0.717) is 5.92 Å². The summed E-state index contributed by atoms with van der Waals surface area (Å²) >= 11 is 0. The second kappa shape index (κ2) is 5.41. The number of ether oxygens (including phenoxy) is 1. The molecule has 1 aliphatic carbocycles. The molecular weight excluding hydrogens is 212 g/mol. The molecule has 0 aromatic heterocycles. The average Bonchev–Trinajstić information content (AvgIpc) is 2.30. The minimum Gasteiger partial charge on any atom is -0.458 e. The zero-order chi connectivity index (χ0) is 13.1. The van der Waals surface area contributed by atoms with Gasteiger partial charge in [0.2, 0.25) is 0 Å². The molecule has 0 spiro atoms. The third-order valence-corrected chi connectivity index (χ3v) is 4.48. The summed E-state index contributed by atoms with van der Waals surface area (Å²) in [4.78, 5) is 12.3. The van der Waals surface area contributed by atoms with E-state index in [1.807, 2.05) is 20.8 Å². The zero-order valence-corrected chi connectivity index (χ0v) is 12.1. The Labute approximate surface area is 106 Å². The van der Waals surface area contributed by atoms with Crippen LogP contribution in [-0.2, 0) is 9.53 Å². The van der Waals surface area contributed by atoms with E-state index in [2.05, 4.69) is 13.8 Å². The molecule has 0 aromatic carbocycles. The van der Waals surface area contributed by atoms with Gasteiger partial charge in [-0.25, -0.2) is 0 Å². The molecule has 1 saturated carbocycles. The van der Waals surface area contributed by atoms with Gasteiger partial charge in [0.1, 0.15) is 5.60 Å². The van der Waals surface area contributed by atoms with Crippen molar-refractivity contribution in [3.63, 3.8) is 0 Å². The van der Waals surface area contributed by atoms with Crippen LogP contribution in [0, 0.1) is 11.3 Å². The average molecular weight is 240 g/mol. The molecule has 0 amide bonds. The Morgan fingerprint density at radius 2 is 1.76 bits per heavy atom. The van der Waals surface area contributed by atoms with Crippen molar-refractivity contribution in [2.75, 3.05) is 0 Å². The lowest BCUT2D eigenvalue weighted by atomic mass is 9.76. The molecule has 0 unspecified atom stereocenters. The maximum absolute atomic E-state index is 12.3. The summed E-state index contributed by atoms with van der Waals surface area (Å²) in [5.41, 5.74) is -0.541. The number of hydrogen-bond donors (Lipinski definition) is 0. The predicted octanol–water partition coefficient (Wildman–Crippen LogP) is 4.32. The molecule has 1 rings (SSSR count). The van der Waals surface area contributed by atoms with Crippen LogP contribution in [0.1, 0.15) is 73.1 Å². The van der Waals surface area contributed by atoms with E-state index >= 15 is 0 Å². The van der Waals surface area contributed by atoms with Gasteiger partial charge in [-0.3, -0.25) is 4.79 Å². The molecule has 0 aromatic rings. The molecule has 0 heterocycles. The first-order valence-electron chi connectivity index (χ1n) is 7.07.